The minimum atomic E-state index is -1.22. The smallest absolute Gasteiger partial charge is 0.407 e. The van der Waals surface area contributed by atoms with E-state index >= 15 is 0 Å². The van der Waals surface area contributed by atoms with E-state index in [1.165, 1.54) is 7.11 Å². The van der Waals surface area contributed by atoms with Crippen molar-refractivity contribution >= 4 is 51.8 Å². The van der Waals surface area contributed by atoms with Gasteiger partial charge in [-0.15, -0.1) is 0 Å². The number of anilines is 1. The first-order valence-corrected chi connectivity index (χ1v) is 22.8. The van der Waals surface area contributed by atoms with Crippen LogP contribution in [-0.2, 0) is 19.7 Å². The molecule has 3 aliphatic rings. The summed E-state index contributed by atoms with van der Waals surface area (Å²) in [6.07, 6.45) is 2.94. The number of imidazole rings is 2. The Labute approximate surface area is 379 Å². The number of carboxylic acid groups (broad SMARTS) is 1. The number of fused-ring (bicyclic) bond motifs is 2. The predicted molar refractivity (Wildman–Crippen MR) is 246 cm³/mol. The summed E-state index contributed by atoms with van der Waals surface area (Å²) in [5, 5.41) is 24.5. The van der Waals surface area contributed by atoms with Crippen molar-refractivity contribution in [2.45, 2.75) is 122 Å². The Hall–Kier alpha value is -6.63. The van der Waals surface area contributed by atoms with Crippen LogP contribution in [0.2, 0.25) is 0 Å². The summed E-state index contributed by atoms with van der Waals surface area (Å²) in [6.45, 7) is 12.4. The Balaban J connectivity index is 1.10. The highest BCUT2D eigenvalue weighted by Gasteiger charge is 2.40. The third-order valence-corrected chi connectivity index (χ3v) is 13.7. The van der Waals surface area contributed by atoms with Crippen LogP contribution in [0.25, 0.3) is 22.1 Å². The van der Waals surface area contributed by atoms with Crippen LogP contribution < -0.4 is 15.5 Å². The van der Waals surface area contributed by atoms with Gasteiger partial charge in [0.1, 0.15) is 23.7 Å². The minimum absolute atomic E-state index is 0.0135. The number of carbonyl (C=O) groups excluding carboxylic acids is 3. The molecule has 0 aliphatic carbocycles. The molecule has 3 saturated heterocycles. The molecule has 16 heteroatoms. The Morgan fingerprint density at radius 3 is 1.83 bits per heavy atom. The molecule has 4 amide bonds. The molecule has 5 N–H and O–H groups in total. The lowest BCUT2D eigenvalue weighted by molar-refractivity contribution is -0.136. The van der Waals surface area contributed by atoms with E-state index in [4.69, 9.17) is 14.7 Å². The zero-order valence-electron chi connectivity index (χ0n) is 38.2. The maximum absolute atomic E-state index is 13.9. The number of nitrogens with one attached hydrogen (secondary N) is 4. The SMILES string of the molecule is COC(=O)N[C@H](C(=O)N1CCCC1c1nc2cc([C@H]3CC[C@H](c4ccc5nc([C@@H]6CCCN6C(=O)[C@@H](NC(=O)O)C(C)C)[nH]c5c4)N3c3ccc(C(C)(C)C#N)cc3)ccc2[nH]1)C(C)C. The second kappa shape index (κ2) is 18.1. The summed E-state index contributed by atoms with van der Waals surface area (Å²) in [5.74, 6) is 0.650. The van der Waals surface area contributed by atoms with Gasteiger partial charge in [-0.05, 0) is 117 Å². The van der Waals surface area contributed by atoms with E-state index in [9.17, 15) is 29.5 Å². The first kappa shape index (κ1) is 45.0. The number of aromatic nitrogens is 4. The van der Waals surface area contributed by atoms with Crippen LogP contribution in [0.3, 0.4) is 0 Å². The lowest BCUT2D eigenvalue weighted by Gasteiger charge is -2.34. The van der Waals surface area contributed by atoms with Crippen LogP contribution >= 0.6 is 0 Å². The number of amides is 4. The molecule has 2 aromatic heterocycles. The maximum Gasteiger partial charge on any atom is 0.407 e. The summed E-state index contributed by atoms with van der Waals surface area (Å²) in [4.78, 5) is 74.5. The quantitative estimate of drug-likeness (QED) is 0.0808. The van der Waals surface area contributed by atoms with E-state index in [0.717, 1.165) is 88.8 Å². The van der Waals surface area contributed by atoms with Crippen LogP contribution in [0.1, 0.15) is 133 Å². The van der Waals surface area contributed by atoms with Crippen LogP contribution in [0.4, 0.5) is 15.3 Å². The highest BCUT2D eigenvalue weighted by atomic mass is 16.5. The van der Waals surface area contributed by atoms with Gasteiger partial charge in [0.15, 0.2) is 0 Å². The number of hydrogen-bond acceptors (Lipinski definition) is 9. The maximum atomic E-state index is 13.9. The molecule has 0 bridgehead atoms. The zero-order chi connectivity index (χ0) is 46.3. The number of methoxy groups -OCH3 is 1. The molecule has 6 atom stereocenters. The third kappa shape index (κ3) is 8.80. The van der Waals surface area contributed by atoms with E-state index in [2.05, 4.69) is 74.0 Å². The normalized spacial score (nSPS) is 21.0. The standard InChI is InChI=1S/C49H60N10O6/c1-27(2)41(55-47(62)63)45(60)57-22-8-10-39(57)43-51-33-18-12-29(24-35(33)53-43)37-20-21-38(59(37)32-16-14-31(15-17-32)49(5,6)26-50)30-13-19-34-36(25-30)54-44(52-34)40-11-9-23-58(40)46(61)42(28(3)4)56-48(64)65-7/h12-19,24-25,27-28,37-42,55H,8-11,20-23H2,1-7H3,(H,51,53)(H,52,54)(H,56,64)(H,62,63)/t37-,38-,39+,40?,41+,42+/m1/s1. The van der Waals surface area contributed by atoms with Crippen LogP contribution in [0, 0.1) is 23.2 Å². The first-order chi connectivity index (χ1) is 31.1. The summed E-state index contributed by atoms with van der Waals surface area (Å²) < 4.78 is 4.82. The van der Waals surface area contributed by atoms with Crippen molar-refractivity contribution in [2.75, 3.05) is 25.1 Å². The summed E-state index contributed by atoms with van der Waals surface area (Å²) in [5.41, 5.74) is 6.86. The number of hydrogen-bond donors (Lipinski definition) is 5. The van der Waals surface area contributed by atoms with Crippen molar-refractivity contribution in [2.24, 2.45) is 11.8 Å². The molecule has 3 aromatic carbocycles. The van der Waals surface area contributed by atoms with E-state index in [-0.39, 0.29) is 47.8 Å². The fourth-order valence-corrected chi connectivity index (χ4v) is 10.1. The Morgan fingerprint density at radius 2 is 1.28 bits per heavy atom. The second-order valence-corrected chi connectivity index (χ2v) is 19.0. The molecular formula is C49H60N10O6. The molecule has 5 heterocycles. The summed E-state index contributed by atoms with van der Waals surface area (Å²) in [7, 11) is 1.29. The number of nitriles is 1. The van der Waals surface area contributed by atoms with Crippen molar-refractivity contribution in [1.29, 1.82) is 5.26 Å². The van der Waals surface area contributed by atoms with Gasteiger partial charge in [-0.1, -0.05) is 52.0 Å². The van der Waals surface area contributed by atoms with Gasteiger partial charge >= 0.3 is 12.2 Å². The van der Waals surface area contributed by atoms with Crippen LogP contribution in [0.5, 0.6) is 0 Å². The zero-order valence-corrected chi connectivity index (χ0v) is 38.2. The van der Waals surface area contributed by atoms with E-state index < -0.39 is 29.7 Å². The first-order valence-electron chi connectivity index (χ1n) is 22.8. The van der Waals surface area contributed by atoms with Gasteiger partial charge in [0.25, 0.3) is 0 Å². The van der Waals surface area contributed by atoms with Gasteiger partial charge in [0.05, 0.1) is 64.8 Å². The van der Waals surface area contributed by atoms with E-state index in [1.54, 1.807) is 4.90 Å². The fourth-order valence-electron chi connectivity index (χ4n) is 10.1. The number of benzene rings is 3. The molecule has 0 radical (unpaired) electrons. The lowest BCUT2D eigenvalue weighted by Crippen LogP contribution is -2.51. The number of nitrogens with zero attached hydrogens (tertiary/aromatic N) is 6. The molecule has 0 spiro atoms. The Kier molecular flexibility index (Phi) is 12.5. The molecule has 5 aromatic rings. The second-order valence-electron chi connectivity index (χ2n) is 19.0. The number of ether oxygens (including phenoxy) is 1. The number of likely N-dealkylation sites (tertiary alicyclic amines) is 2. The molecule has 342 valence electrons. The molecule has 1 unspecified atom stereocenters. The van der Waals surface area contributed by atoms with Gasteiger partial charge in [-0.3, -0.25) is 9.59 Å². The summed E-state index contributed by atoms with van der Waals surface area (Å²) in [6, 6.07) is 21.3. The van der Waals surface area contributed by atoms with Gasteiger partial charge in [-0.25, -0.2) is 19.6 Å². The minimum Gasteiger partial charge on any atom is -0.465 e. The lowest BCUT2D eigenvalue weighted by atomic mass is 9.86. The van der Waals surface area contributed by atoms with Gasteiger partial charge in [-0.2, -0.15) is 5.26 Å². The molecule has 0 saturated carbocycles. The average molecular weight is 885 g/mol. The molecule has 3 aliphatic heterocycles. The van der Waals surface area contributed by atoms with E-state index in [1.807, 2.05) is 64.6 Å². The predicted octanol–water partition coefficient (Wildman–Crippen LogP) is 8.32. The Morgan fingerprint density at radius 1 is 0.738 bits per heavy atom. The van der Waals surface area contributed by atoms with Crippen molar-refractivity contribution in [3.63, 3.8) is 0 Å². The molecule has 65 heavy (non-hydrogen) atoms. The van der Waals surface area contributed by atoms with Crippen molar-refractivity contribution in [3.05, 3.63) is 89.0 Å². The third-order valence-electron chi connectivity index (χ3n) is 13.7. The van der Waals surface area contributed by atoms with Crippen molar-refractivity contribution < 1.29 is 29.0 Å². The fraction of sp³-hybridized carbons (Fsp3) is 0.490. The van der Waals surface area contributed by atoms with Gasteiger partial charge in [0.2, 0.25) is 11.8 Å². The van der Waals surface area contributed by atoms with Crippen LogP contribution in [-0.4, -0.2) is 91.1 Å². The summed E-state index contributed by atoms with van der Waals surface area (Å²) >= 11 is 0. The monoisotopic (exact) mass is 884 g/mol. The largest absolute Gasteiger partial charge is 0.465 e. The number of aromatic amines is 2. The number of alkyl carbamates (subject to hydrolysis) is 1. The molecule has 8 rings (SSSR count). The van der Waals surface area contributed by atoms with Crippen LogP contribution in [0.15, 0.2) is 60.7 Å². The number of H-pyrrole nitrogens is 2. The average Bonchev–Trinajstić information content (AvgIpc) is 4.15. The molecular weight excluding hydrogens is 825 g/mol. The number of carbonyl (C=O) groups is 4. The molecule has 16 nitrogen and oxygen atoms in total. The van der Waals surface area contributed by atoms with Gasteiger partial charge in [0, 0.05) is 18.8 Å². The van der Waals surface area contributed by atoms with E-state index in [0.29, 0.717) is 18.9 Å². The highest BCUT2D eigenvalue weighted by Crippen LogP contribution is 2.48. The molecule has 3 fully saturated rings. The van der Waals surface area contributed by atoms with Gasteiger partial charge < -0.3 is 45.1 Å². The van der Waals surface area contributed by atoms with Crippen molar-refractivity contribution in [3.8, 4) is 6.07 Å². The Bertz CT molecular complexity index is 2630. The number of rotatable bonds is 12. The van der Waals surface area contributed by atoms with Crippen molar-refractivity contribution in [1.82, 2.24) is 40.4 Å². The topological polar surface area (TPSA) is 213 Å². The highest BCUT2D eigenvalue weighted by molar-refractivity contribution is 5.87.